The largest absolute Gasteiger partial charge is 0.465 e. The van der Waals surface area contributed by atoms with E-state index in [1.54, 1.807) is 24.3 Å². The lowest BCUT2D eigenvalue weighted by molar-refractivity contribution is 0.0600. The molecule has 0 radical (unpaired) electrons. The van der Waals surface area contributed by atoms with Gasteiger partial charge in [-0.05, 0) is 17.7 Å². The molecule has 0 aliphatic heterocycles. The molecule has 0 aliphatic carbocycles. The van der Waals surface area contributed by atoms with Crippen molar-refractivity contribution in [2.75, 3.05) is 19.1 Å². The van der Waals surface area contributed by atoms with Crippen LogP contribution in [0.2, 0.25) is 0 Å². The van der Waals surface area contributed by atoms with Crippen molar-refractivity contribution in [3.63, 3.8) is 0 Å². The fraction of sp³-hybridized carbons (Fsp3) is 0.200. The molecule has 0 spiro atoms. The smallest absolute Gasteiger partial charge is 0.337 e. The van der Waals surface area contributed by atoms with Crippen molar-refractivity contribution in [2.24, 2.45) is 0 Å². The number of rotatable bonds is 4. The second-order valence-corrected chi connectivity index (χ2v) is 4.42. The first-order valence-electron chi connectivity index (χ1n) is 6.24. The Morgan fingerprint density at radius 1 is 1.38 bits per heavy atom. The van der Waals surface area contributed by atoms with Crippen LogP contribution >= 0.6 is 0 Å². The molecule has 1 aromatic carbocycles. The summed E-state index contributed by atoms with van der Waals surface area (Å²) in [6.07, 6.45) is 1.36. The highest BCUT2D eigenvalue weighted by Gasteiger charge is 2.09. The van der Waals surface area contributed by atoms with Crippen LogP contribution in [0, 0.1) is 11.3 Å². The Kier molecular flexibility index (Phi) is 4.46. The molecule has 6 nitrogen and oxygen atoms in total. The van der Waals surface area contributed by atoms with Crippen LogP contribution in [0.4, 0.5) is 5.82 Å². The maximum atomic E-state index is 11.5. The van der Waals surface area contributed by atoms with E-state index in [4.69, 9.17) is 10.00 Å². The number of nitriles is 1. The molecule has 2 rings (SSSR count). The molecule has 1 heterocycles. The number of carbonyl (C=O) groups is 1. The van der Waals surface area contributed by atoms with Crippen LogP contribution in [-0.2, 0) is 11.3 Å². The fourth-order valence-corrected chi connectivity index (χ4v) is 1.89. The van der Waals surface area contributed by atoms with E-state index < -0.39 is 0 Å². The molecule has 0 atom stereocenters. The fourth-order valence-electron chi connectivity index (χ4n) is 1.89. The minimum atomic E-state index is -0.367. The number of carbonyl (C=O) groups excluding carboxylic acids is 1. The van der Waals surface area contributed by atoms with E-state index >= 15 is 0 Å². The summed E-state index contributed by atoms with van der Waals surface area (Å²) in [4.78, 5) is 21.4. The number of aromatic nitrogens is 2. The lowest BCUT2D eigenvalue weighted by Crippen LogP contribution is -2.18. The van der Waals surface area contributed by atoms with Gasteiger partial charge in [0.15, 0.2) is 0 Å². The molecule has 0 saturated heterocycles. The predicted molar refractivity (Wildman–Crippen MR) is 76.6 cm³/mol. The average molecular weight is 282 g/mol. The first-order chi connectivity index (χ1) is 10.1. The second kappa shape index (κ2) is 6.48. The number of anilines is 1. The van der Waals surface area contributed by atoms with Crippen LogP contribution in [0.1, 0.15) is 21.6 Å². The molecule has 2 aromatic rings. The van der Waals surface area contributed by atoms with Gasteiger partial charge in [-0.2, -0.15) is 5.26 Å². The Morgan fingerprint density at radius 2 is 2.19 bits per heavy atom. The van der Waals surface area contributed by atoms with Gasteiger partial charge in [0, 0.05) is 19.7 Å². The summed E-state index contributed by atoms with van der Waals surface area (Å²) in [5, 5.41) is 8.85. The molecular formula is C15H14N4O2. The molecule has 106 valence electrons. The molecule has 0 saturated carbocycles. The molecule has 0 fully saturated rings. The van der Waals surface area contributed by atoms with Crippen molar-refractivity contribution in [3.05, 3.63) is 53.5 Å². The summed E-state index contributed by atoms with van der Waals surface area (Å²) in [6.45, 7) is 0.548. The highest BCUT2D eigenvalue weighted by atomic mass is 16.5. The van der Waals surface area contributed by atoms with Gasteiger partial charge in [-0.3, -0.25) is 0 Å². The predicted octanol–water partition coefficient (Wildman–Crippen LogP) is 1.77. The Balaban J connectivity index is 2.17. The number of hydrogen-bond acceptors (Lipinski definition) is 6. The highest BCUT2D eigenvalue weighted by molar-refractivity contribution is 5.89. The summed E-state index contributed by atoms with van der Waals surface area (Å²) in [5.41, 5.74) is 1.76. The van der Waals surface area contributed by atoms with E-state index in [0.29, 0.717) is 23.6 Å². The number of methoxy groups -OCH3 is 1. The number of hydrogen-bond donors (Lipinski definition) is 0. The zero-order chi connectivity index (χ0) is 15.2. The van der Waals surface area contributed by atoms with E-state index in [0.717, 1.165) is 5.56 Å². The van der Waals surface area contributed by atoms with Crippen LogP contribution in [-0.4, -0.2) is 30.1 Å². The minimum Gasteiger partial charge on any atom is -0.465 e. The standard InChI is InChI=1S/C15H14N4O2/c1-19(14-7-13(8-16)17-10-18-14)9-11-4-3-5-12(6-11)15(20)21-2/h3-7,10H,9H2,1-2H3. The third-order valence-electron chi connectivity index (χ3n) is 2.93. The number of nitrogens with zero attached hydrogens (tertiary/aromatic N) is 4. The molecule has 6 heteroatoms. The van der Waals surface area contributed by atoms with Crippen molar-refractivity contribution in [1.29, 1.82) is 5.26 Å². The topological polar surface area (TPSA) is 79.1 Å². The number of esters is 1. The van der Waals surface area contributed by atoms with Gasteiger partial charge in [0.2, 0.25) is 0 Å². The van der Waals surface area contributed by atoms with Gasteiger partial charge < -0.3 is 9.64 Å². The van der Waals surface area contributed by atoms with Crippen molar-refractivity contribution in [3.8, 4) is 6.07 Å². The zero-order valence-electron chi connectivity index (χ0n) is 11.8. The van der Waals surface area contributed by atoms with Crippen LogP contribution in [0.3, 0.4) is 0 Å². The van der Waals surface area contributed by atoms with E-state index in [2.05, 4.69) is 9.97 Å². The lowest BCUT2D eigenvalue weighted by atomic mass is 10.1. The summed E-state index contributed by atoms with van der Waals surface area (Å²) < 4.78 is 4.70. The minimum absolute atomic E-state index is 0.315. The van der Waals surface area contributed by atoms with E-state index in [1.807, 2.05) is 24.1 Å². The average Bonchev–Trinajstić information content (AvgIpc) is 2.54. The van der Waals surface area contributed by atoms with E-state index in [-0.39, 0.29) is 5.97 Å². The molecule has 0 aliphatic rings. The number of ether oxygens (including phenoxy) is 1. The van der Waals surface area contributed by atoms with Gasteiger partial charge in [-0.25, -0.2) is 14.8 Å². The van der Waals surface area contributed by atoms with Gasteiger partial charge in [0.1, 0.15) is 23.9 Å². The van der Waals surface area contributed by atoms with Gasteiger partial charge in [0.25, 0.3) is 0 Å². The molecule has 21 heavy (non-hydrogen) atoms. The van der Waals surface area contributed by atoms with Crippen LogP contribution in [0.15, 0.2) is 36.7 Å². The quantitative estimate of drug-likeness (QED) is 0.795. The second-order valence-electron chi connectivity index (χ2n) is 4.42. The van der Waals surface area contributed by atoms with Crippen molar-refractivity contribution >= 4 is 11.8 Å². The SMILES string of the molecule is COC(=O)c1cccc(CN(C)c2cc(C#N)ncn2)c1. The highest BCUT2D eigenvalue weighted by Crippen LogP contribution is 2.14. The summed E-state index contributed by atoms with van der Waals surface area (Å²) in [6, 6.07) is 10.8. The summed E-state index contributed by atoms with van der Waals surface area (Å²) in [7, 11) is 3.21. The Morgan fingerprint density at radius 3 is 2.90 bits per heavy atom. The first-order valence-corrected chi connectivity index (χ1v) is 6.24. The third kappa shape index (κ3) is 3.54. The summed E-state index contributed by atoms with van der Waals surface area (Å²) in [5.74, 6) is 0.276. The van der Waals surface area contributed by atoms with Crippen LogP contribution in [0.25, 0.3) is 0 Å². The van der Waals surface area contributed by atoms with Gasteiger partial charge in [-0.1, -0.05) is 12.1 Å². The van der Waals surface area contributed by atoms with Crippen LogP contribution in [0.5, 0.6) is 0 Å². The zero-order valence-corrected chi connectivity index (χ0v) is 11.8. The van der Waals surface area contributed by atoms with Crippen LogP contribution < -0.4 is 4.90 Å². The van der Waals surface area contributed by atoms with E-state index in [1.165, 1.54) is 13.4 Å². The van der Waals surface area contributed by atoms with Gasteiger partial charge in [0.05, 0.1) is 12.7 Å². The van der Waals surface area contributed by atoms with Crippen molar-refractivity contribution < 1.29 is 9.53 Å². The van der Waals surface area contributed by atoms with Crippen molar-refractivity contribution in [2.45, 2.75) is 6.54 Å². The Bertz CT molecular complexity index is 694. The normalized spacial score (nSPS) is 9.76. The maximum absolute atomic E-state index is 11.5. The van der Waals surface area contributed by atoms with E-state index in [9.17, 15) is 4.79 Å². The summed E-state index contributed by atoms with van der Waals surface area (Å²) >= 11 is 0. The molecule has 0 bridgehead atoms. The molecule has 1 aromatic heterocycles. The molecular weight excluding hydrogens is 268 g/mol. The molecule has 0 N–H and O–H groups in total. The van der Waals surface area contributed by atoms with Gasteiger partial charge in [-0.15, -0.1) is 0 Å². The first kappa shape index (κ1) is 14.5. The Labute approximate surface area is 122 Å². The molecule has 0 unspecified atom stereocenters. The maximum Gasteiger partial charge on any atom is 0.337 e. The number of benzene rings is 1. The third-order valence-corrected chi connectivity index (χ3v) is 2.93. The van der Waals surface area contributed by atoms with Crippen molar-refractivity contribution in [1.82, 2.24) is 9.97 Å². The Hall–Kier alpha value is -2.94. The molecule has 0 amide bonds. The monoisotopic (exact) mass is 282 g/mol. The van der Waals surface area contributed by atoms with Gasteiger partial charge >= 0.3 is 5.97 Å². The lowest BCUT2D eigenvalue weighted by Gasteiger charge is -2.18.